The molecule has 2 heteroatoms. The van der Waals surface area contributed by atoms with Crippen molar-refractivity contribution in [2.75, 3.05) is 6.61 Å². The first kappa shape index (κ1) is 8.52. The van der Waals surface area contributed by atoms with Gasteiger partial charge in [-0.05, 0) is 25.2 Å². The van der Waals surface area contributed by atoms with Crippen LogP contribution < -0.4 is 0 Å². The van der Waals surface area contributed by atoms with Crippen molar-refractivity contribution in [2.24, 2.45) is 16.7 Å². The maximum absolute atomic E-state index is 9.83. The van der Waals surface area contributed by atoms with E-state index in [-0.39, 0.29) is 23.5 Å². The molecule has 2 fully saturated rings. The van der Waals surface area contributed by atoms with Crippen molar-refractivity contribution >= 4 is 0 Å². The maximum Gasteiger partial charge on any atom is 0.0602 e. The van der Waals surface area contributed by atoms with E-state index in [1.807, 2.05) is 0 Å². The number of fused-ring (bicyclic) bond motifs is 2. The highest BCUT2D eigenvalue weighted by Gasteiger charge is 2.63. The SMILES string of the molecule is C[C@]1(CO)[C@@H]2CC[C@]1(C)[C@@H](O)C2. The van der Waals surface area contributed by atoms with E-state index in [1.54, 1.807) is 0 Å². The summed E-state index contributed by atoms with van der Waals surface area (Å²) in [7, 11) is 0. The zero-order chi connectivity index (χ0) is 8.98. The molecular formula is C10H18O2. The Bertz CT molecular complexity index is 202. The smallest absolute Gasteiger partial charge is 0.0602 e. The Kier molecular flexibility index (Phi) is 1.59. The summed E-state index contributed by atoms with van der Waals surface area (Å²) in [6.45, 7) is 4.48. The van der Waals surface area contributed by atoms with Gasteiger partial charge in [0.05, 0.1) is 6.10 Å². The maximum atomic E-state index is 9.83. The van der Waals surface area contributed by atoms with Gasteiger partial charge in [0.25, 0.3) is 0 Å². The number of aliphatic hydroxyl groups excluding tert-OH is 2. The van der Waals surface area contributed by atoms with Crippen LogP contribution in [0.4, 0.5) is 0 Å². The summed E-state index contributed by atoms with van der Waals surface area (Å²) >= 11 is 0. The van der Waals surface area contributed by atoms with E-state index in [1.165, 1.54) is 6.42 Å². The molecule has 70 valence electrons. The van der Waals surface area contributed by atoms with E-state index in [4.69, 9.17) is 0 Å². The Morgan fingerprint density at radius 3 is 2.33 bits per heavy atom. The fourth-order valence-electron chi connectivity index (χ4n) is 3.31. The van der Waals surface area contributed by atoms with Gasteiger partial charge in [-0.2, -0.15) is 0 Å². The second-order valence-corrected chi connectivity index (χ2v) is 4.98. The number of rotatable bonds is 1. The molecule has 4 atom stereocenters. The Balaban J connectivity index is 2.38. The molecule has 2 saturated carbocycles. The quantitative estimate of drug-likeness (QED) is 0.620. The van der Waals surface area contributed by atoms with E-state index in [9.17, 15) is 10.2 Å². The third-order valence-corrected chi connectivity index (χ3v) is 4.79. The minimum absolute atomic E-state index is 0.0214. The van der Waals surface area contributed by atoms with Gasteiger partial charge in [-0.1, -0.05) is 13.8 Å². The molecule has 12 heavy (non-hydrogen) atoms. The zero-order valence-electron chi connectivity index (χ0n) is 7.88. The molecule has 0 saturated heterocycles. The van der Waals surface area contributed by atoms with Crippen LogP contribution in [0.3, 0.4) is 0 Å². The first-order valence-electron chi connectivity index (χ1n) is 4.83. The molecule has 0 aliphatic heterocycles. The van der Waals surface area contributed by atoms with Crippen LogP contribution in [0.2, 0.25) is 0 Å². The average Bonchev–Trinajstić information content (AvgIpc) is 2.39. The van der Waals surface area contributed by atoms with Crippen LogP contribution in [0.15, 0.2) is 0 Å². The van der Waals surface area contributed by atoms with Crippen molar-refractivity contribution in [2.45, 2.75) is 39.2 Å². The lowest BCUT2D eigenvalue weighted by atomic mass is 9.69. The number of hydrogen-bond acceptors (Lipinski definition) is 2. The third kappa shape index (κ3) is 0.686. The van der Waals surface area contributed by atoms with Gasteiger partial charge in [-0.3, -0.25) is 0 Å². The minimum atomic E-state index is -0.187. The van der Waals surface area contributed by atoms with E-state index < -0.39 is 0 Å². The predicted octanol–water partition coefficient (Wildman–Crippen LogP) is 1.17. The molecule has 0 heterocycles. The van der Waals surface area contributed by atoms with Crippen molar-refractivity contribution in [3.05, 3.63) is 0 Å². The molecule has 2 nitrogen and oxygen atoms in total. The zero-order valence-corrected chi connectivity index (χ0v) is 7.88. The third-order valence-electron chi connectivity index (χ3n) is 4.79. The molecule has 2 aliphatic rings. The van der Waals surface area contributed by atoms with Gasteiger partial charge >= 0.3 is 0 Å². The molecule has 0 aromatic carbocycles. The molecule has 0 aromatic rings. The molecule has 2 N–H and O–H groups in total. The van der Waals surface area contributed by atoms with E-state index in [0.29, 0.717) is 5.92 Å². The first-order chi connectivity index (χ1) is 5.54. The van der Waals surface area contributed by atoms with E-state index in [0.717, 1.165) is 12.8 Å². The van der Waals surface area contributed by atoms with Crippen molar-refractivity contribution in [3.8, 4) is 0 Å². The molecule has 0 spiro atoms. The molecule has 2 bridgehead atoms. The fraction of sp³-hybridized carbons (Fsp3) is 1.00. The van der Waals surface area contributed by atoms with Gasteiger partial charge in [0.1, 0.15) is 0 Å². The lowest BCUT2D eigenvalue weighted by Gasteiger charge is -2.38. The topological polar surface area (TPSA) is 40.5 Å². The summed E-state index contributed by atoms with van der Waals surface area (Å²) in [5, 5.41) is 19.2. The lowest BCUT2D eigenvalue weighted by Crippen LogP contribution is -2.39. The molecular weight excluding hydrogens is 152 g/mol. The lowest BCUT2D eigenvalue weighted by molar-refractivity contribution is -0.0213. The normalized spacial score (nSPS) is 58.0. The number of hydrogen-bond donors (Lipinski definition) is 2. The Labute approximate surface area is 73.6 Å². The van der Waals surface area contributed by atoms with Crippen LogP contribution in [0.25, 0.3) is 0 Å². The van der Waals surface area contributed by atoms with Crippen LogP contribution in [0.1, 0.15) is 33.1 Å². The summed E-state index contributed by atoms with van der Waals surface area (Å²) in [5.74, 6) is 0.544. The van der Waals surface area contributed by atoms with Crippen LogP contribution in [-0.2, 0) is 0 Å². The second kappa shape index (κ2) is 2.24. The van der Waals surface area contributed by atoms with Gasteiger partial charge in [0, 0.05) is 17.4 Å². The first-order valence-corrected chi connectivity index (χ1v) is 4.83. The largest absolute Gasteiger partial charge is 0.396 e. The van der Waals surface area contributed by atoms with Crippen molar-refractivity contribution in [3.63, 3.8) is 0 Å². The molecule has 2 aliphatic carbocycles. The minimum Gasteiger partial charge on any atom is -0.396 e. The monoisotopic (exact) mass is 170 g/mol. The van der Waals surface area contributed by atoms with E-state index in [2.05, 4.69) is 13.8 Å². The molecule has 0 amide bonds. The van der Waals surface area contributed by atoms with Gasteiger partial charge in [0.15, 0.2) is 0 Å². The van der Waals surface area contributed by atoms with Crippen molar-refractivity contribution < 1.29 is 10.2 Å². The number of aliphatic hydroxyl groups is 2. The van der Waals surface area contributed by atoms with Crippen molar-refractivity contribution in [1.82, 2.24) is 0 Å². The highest BCUT2D eigenvalue weighted by atomic mass is 16.3. The van der Waals surface area contributed by atoms with Crippen molar-refractivity contribution in [1.29, 1.82) is 0 Å². The van der Waals surface area contributed by atoms with Crippen LogP contribution in [-0.4, -0.2) is 22.9 Å². The summed E-state index contributed by atoms with van der Waals surface area (Å²) < 4.78 is 0. The average molecular weight is 170 g/mol. The summed E-state index contributed by atoms with van der Waals surface area (Å²) in [4.78, 5) is 0. The fourth-order valence-corrected chi connectivity index (χ4v) is 3.31. The molecule has 0 radical (unpaired) electrons. The van der Waals surface area contributed by atoms with Crippen LogP contribution in [0.5, 0.6) is 0 Å². The highest BCUT2D eigenvalue weighted by Crippen LogP contribution is 2.65. The Morgan fingerprint density at radius 2 is 2.08 bits per heavy atom. The standard InChI is InChI=1S/C10H18O2/c1-9-4-3-7(5-8(9)12)10(9,2)6-11/h7-8,11-12H,3-6H2,1-2H3/t7-,8+,9-,10+/m1/s1. The van der Waals surface area contributed by atoms with Crippen LogP contribution in [0, 0.1) is 16.7 Å². The molecule has 0 unspecified atom stereocenters. The molecule has 0 aromatic heterocycles. The predicted molar refractivity (Wildman–Crippen MR) is 46.6 cm³/mol. The summed E-state index contributed by atoms with van der Waals surface area (Å²) in [6.07, 6.45) is 2.97. The van der Waals surface area contributed by atoms with Crippen LogP contribution >= 0.6 is 0 Å². The summed E-state index contributed by atoms with van der Waals surface area (Å²) in [5.41, 5.74) is -0.0428. The summed E-state index contributed by atoms with van der Waals surface area (Å²) in [6, 6.07) is 0. The Hall–Kier alpha value is -0.0800. The van der Waals surface area contributed by atoms with Gasteiger partial charge in [0.2, 0.25) is 0 Å². The second-order valence-electron chi connectivity index (χ2n) is 4.98. The van der Waals surface area contributed by atoms with Gasteiger partial charge in [-0.25, -0.2) is 0 Å². The Morgan fingerprint density at radius 1 is 1.42 bits per heavy atom. The highest BCUT2D eigenvalue weighted by molar-refractivity contribution is 5.12. The van der Waals surface area contributed by atoms with E-state index >= 15 is 0 Å². The molecule has 2 rings (SSSR count). The van der Waals surface area contributed by atoms with Gasteiger partial charge < -0.3 is 10.2 Å². The van der Waals surface area contributed by atoms with Gasteiger partial charge in [-0.15, -0.1) is 0 Å².